The lowest BCUT2D eigenvalue weighted by Gasteiger charge is -2.08. The lowest BCUT2D eigenvalue weighted by Crippen LogP contribution is -2.12. The minimum absolute atomic E-state index is 0.219. The van der Waals surface area contributed by atoms with Crippen LogP contribution in [0.4, 0.5) is 4.39 Å². The Labute approximate surface area is 123 Å². The van der Waals surface area contributed by atoms with Gasteiger partial charge in [-0.3, -0.25) is 0 Å². The van der Waals surface area contributed by atoms with Gasteiger partial charge < -0.3 is 5.11 Å². The number of carboxylic acids is 1. The molecule has 0 aliphatic carbocycles. The topological polar surface area (TPSA) is 71.4 Å². The van der Waals surface area contributed by atoms with Crippen LogP contribution in [0, 0.1) is 5.82 Å². The van der Waals surface area contributed by atoms with Gasteiger partial charge in [0.25, 0.3) is 0 Å². The first-order chi connectivity index (χ1) is 8.69. The van der Waals surface area contributed by atoms with Crippen molar-refractivity contribution in [1.82, 2.24) is 0 Å². The molecule has 1 aromatic rings. The largest absolute Gasteiger partial charge is 0.478 e. The second kappa shape index (κ2) is 6.09. The fourth-order valence-corrected chi connectivity index (χ4v) is 3.41. The summed E-state index contributed by atoms with van der Waals surface area (Å²) in [4.78, 5) is 9.94. The molecule has 0 aliphatic rings. The first-order valence-corrected chi connectivity index (χ1v) is 7.43. The van der Waals surface area contributed by atoms with Crippen molar-refractivity contribution in [2.24, 2.45) is 0 Å². The molecule has 9 heteroatoms. The normalized spacial score (nSPS) is 12.5. The molecule has 4 nitrogen and oxygen atoms in total. The minimum atomic E-state index is -4.19. The van der Waals surface area contributed by atoms with Crippen molar-refractivity contribution in [3.05, 3.63) is 39.1 Å². The first-order valence-electron chi connectivity index (χ1n) is 4.59. The van der Waals surface area contributed by atoms with Gasteiger partial charge in [0.05, 0.1) is 11.3 Å². The molecule has 0 saturated carbocycles. The van der Waals surface area contributed by atoms with Gasteiger partial charge >= 0.3 is 5.97 Å². The highest BCUT2D eigenvalue weighted by molar-refractivity contribution is 7.91. The summed E-state index contributed by atoms with van der Waals surface area (Å²) < 4.78 is 37.6. The van der Waals surface area contributed by atoms with Gasteiger partial charge in [-0.05, 0) is 12.1 Å². The van der Waals surface area contributed by atoms with Crippen LogP contribution in [-0.4, -0.2) is 25.2 Å². The third-order valence-corrected chi connectivity index (χ3v) is 4.67. The molecule has 0 atom stereocenters. The third-order valence-electron chi connectivity index (χ3n) is 2.02. The van der Waals surface area contributed by atoms with Crippen LogP contribution in [0.25, 0.3) is 0 Å². The van der Waals surface area contributed by atoms with Crippen molar-refractivity contribution < 1.29 is 22.7 Å². The standard InChI is InChI=1S/C10H6Cl3FO4S/c11-3-6(13)4-19(17,18)8-2-5(12)1-7(9(8)14)10(15)16/h1-3H,4H2,(H,15,16). The molecule has 0 saturated heterocycles. The molecule has 1 aromatic carbocycles. The van der Waals surface area contributed by atoms with Gasteiger partial charge in [0.2, 0.25) is 0 Å². The maximum atomic E-state index is 13.8. The molecule has 0 spiro atoms. The molecule has 1 N–H and O–H groups in total. The van der Waals surface area contributed by atoms with E-state index in [0.717, 1.165) is 17.7 Å². The maximum Gasteiger partial charge on any atom is 0.338 e. The molecule has 0 amide bonds. The zero-order valence-electron chi connectivity index (χ0n) is 9.03. The van der Waals surface area contributed by atoms with Crippen molar-refractivity contribution in [3.63, 3.8) is 0 Å². The summed E-state index contributed by atoms with van der Waals surface area (Å²) in [6, 6.07) is 1.63. The van der Waals surface area contributed by atoms with Crippen molar-refractivity contribution in [2.75, 3.05) is 5.75 Å². The number of rotatable bonds is 4. The predicted octanol–water partition coefficient (Wildman–Crippen LogP) is 3.27. The molecule has 19 heavy (non-hydrogen) atoms. The van der Waals surface area contributed by atoms with Crippen molar-refractivity contribution in [3.8, 4) is 0 Å². The van der Waals surface area contributed by atoms with E-state index < -0.39 is 37.8 Å². The van der Waals surface area contributed by atoms with Crippen molar-refractivity contribution >= 4 is 50.6 Å². The highest BCUT2D eigenvalue weighted by Gasteiger charge is 2.25. The van der Waals surface area contributed by atoms with Crippen LogP contribution in [0.3, 0.4) is 0 Å². The molecule has 0 unspecified atom stereocenters. The van der Waals surface area contributed by atoms with Gasteiger partial charge in [0.15, 0.2) is 15.7 Å². The second-order valence-electron chi connectivity index (χ2n) is 3.39. The lowest BCUT2D eigenvalue weighted by molar-refractivity contribution is 0.0691. The Hall–Kier alpha value is -0.820. The van der Waals surface area contributed by atoms with E-state index in [-0.39, 0.29) is 10.1 Å². The van der Waals surface area contributed by atoms with E-state index in [1.165, 1.54) is 0 Å². The molecule has 0 aromatic heterocycles. The SMILES string of the molecule is O=C(O)c1cc(Cl)cc(S(=O)(=O)CC(Cl)=CCl)c1F. The monoisotopic (exact) mass is 346 g/mol. The zero-order valence-corrected chi connectivity index (χ0v) is 12.1. The average molecular weight is 348 g/mol. The van der Waals surface area contributed by atoms with Crippen molar-refractivity contribution in [1.29, 1.82) is 0 Å². The molecular weight excluding hydrogens is 342 g/mol. The number of sulfone groups is 1. The average Bonchev–Trinajstić information content (AvgIpc) is 2.30. The van der Waals surface area contributed by atoms with Gasteiger partial charge in [-0.25, -0.2) is 17.6 Å². The minimum Gasteiger partial charge on any atom is -0.478 e. The second-order valence-corrected chi connectivity index (χ2v) is 6.48. The summed E-state index contributed by atoms with van der Waals surface area (Å²) in [5, 5.41) is 8.30. The summed E-state index contributed by atoms with van der Waals surface area (Å²) >= 11 is 16.3. The highest BCUT2D eigenvalue weighted by atomic mass is 35.5. The number of halogens is 4. The number of aromatic carboxylic acids is 1. The molecule has 0 radical (unpaired) electrons. The molecule has 1 rings (SSSR count). The molecule has 0 fully saturated rings. The highest BCUT2D eigenvalue weighted by Crippen LogP contribution is 2.26. The lowest BCUT2D eigenvalue weighted by atomic mass is 10.2. The van der Waals surface area contributed by atoms with Gasteiger partial charge in [0.1, 0.15) is 4.90 Å². The zero-order chi connectivity index (χ0) is 14.8. The molecule has 0 heterocycles. The van der Waals surface area contributed by atoms with E-state index in [1.807, 2.05) is 0 Å². The van der Waals surface area contributed by atoms with Crippen LogP contribution in [0.15, 0.2) is 27.6 Å². The fraction of sp³-hybridized carbons (Fsp3) is 0.100. The number of carboxylic acid groups (broad SMARTS) is 1. The summed E-state index contributed by atoms with van der Waals surface area (Å²) in [6.07, 6.45) is 0. The predicted molar refractivity (Wildman–Crippen MR) is 70.2 cm³/mol. The van der Waals surface area contributed by atoms with E-state index >= 15 is 0 Å². The Morgan fingerprint density at radius 3 is 2.47 bits per heavy atom. The van der Waals surface area contributed by atoms with Crippen LogP contribution in [0.2, 0.25) is 5.02 Å². The van der Waals surface area contributed by atoms with E-state index in [1.54, 1.807) is 0 Å². The molecular formula is C10H6Cl3FO4S. The molecule has 104 valence electrons. The summed E-state index contributed by atoms with van der Waals surface area (Å²) in [5.74, 6) is -3.78. The number of benzene rings is 1. The van der Waals surface area contributed by atoms with Gasteiger partial charge in [-0.2, -0.15) is 0 Å². The van der Waals surface area contributed by atoms with Crippen LogP contribution < -0.4 is 0 Å². The fourth-order valence-electron chi connectivity index (χ4n) is 1.24. The Bertz CT molecular complexity index is 655. The van der Waals surface area contributed by atoms with E-state index in [9.17, 15) is 17.6 Å². The van der Waals surface area contributed by atoms with E-state index in [4.69, 9.17) is 39.9 Å². The molecule has 0 aliphatic heterocycles. The number of carbonyl (C=O) groups is 1. The van der Waals surface area contributed by atoms with Crippen LogP contribution in [0.5, 0.6) is 0 Å². The van der Waals surface area contributed by atoms with Gasteiger partial charge in [0, 0.05) is 15.6 Å². The quantitative estimate of drug-likeness (QED) is 0.907. The Balaban J connectivity index is 3.47. The number of hydrogen-bond acceptors (Lipinski definition) is 3. The molecule has 0 bridgehead atoms. The maximum absolute atomic E-state index is 13.8. The van der Waals surface area contributed by atoms with Crippen LogP contribution in [0.1, 0.15) is 10.4 Å². The number of hydrogen-bond donors (Lipinski definition) is 1. The summed E-state index contributed by atoms with van der Waals surface area (Å²) in [6.45, 7) is 0. The third kappa shape index (κ3) is 3.82. The van der Waals surface area contributed by atoms with E-state index in [0.29, 0.717) is 0 Å². The van der Waals surface area contributed by atoms with Crippen molar-refractivity contribution in [2.45, 2.75) is 4.90 Å². The first kappa shape index (κ1) is 16.2. The Morgan fingerprint density at radius 2 is 2.00 bits per heavy atom. The Morgan fingerprint density at radius 1 is 1.42 bits per heavy atom. The summed E-state index contributed by atoms with van der Waals surface area (Å²) in [5.41, 5.74) is -0.0170. The summed E-state index contributed by atoms with van der Waals surface area (Å²) in [7, 11) is -4.19. The van der Waals surface area contributed by atoms with E-state index in [2.05, 4.69) is 0 Å². The smallest absolute Gasteiger partial charge is 0.338 e. The van der Waals surface area contributed by atoms with Gasteiger partial charge in [-0.15, -0.1) is 0 Å². The Kier molecular flexibility index (Phi) is 5.20. The van der Waals surface area contributed by atoms with Crippen LogP contribution in [-0.2, 0) is 9.84 Å². The van der Waals surface area contributed by atoms with Crippen LogP contribution >= 0.6 is 34.8 Å². The van der Waals surface area contributed by atoms with Gasteiger partial charge in [-0.1, -0.05) is 34.8 Å².